The van der Waals surface area contributed by atoms with Crippen LogP contribution < -0.4 is 10.2 Å². The molecular weight excluding hydrogens is 516 g/mol. The van der Waals surface area contributed by atoms with Crippen LogP contribution >= 0.6 is 11.3 Å². The van der Waals surface area contributed by atoms with E-state index in [2.05, 4.69) is 26.3 Å². The lowest BCUT2D eigenvalue weighted by Crippen LogP contribution is -2.52. The molecule has 3 aromatic heterocycles. The minimum absolute atomic E-state index is 0.0853. The Morgan fingerprint density at radius 3 is 2.49 bits per heavy atom. The van der Waals surface area contributed by atoms with Gasteiger partial charge < -0.3 is 30.2 Å². The number of thiophene rings is 1. The van der Waals surface area contributed by atoms with Gasteiger partial charge in [-0.25, -0.2) is 9.97 Å². The Kier molecular flexibility index (Phi) is 8.29. The fourth-order valence-electron chi connectivity index (χ4n) is 5.44. The SMILES string of the molecule is CCN(C)C(=O)c1sc2cnc(Nc3ccc(N4CCN(C(=O)C(O)CO)CC4)cn3)cc2c1C1CCCC1. The van der Waals surface area contributed by atoms with Crippen molar-refractivity contribution in [1.82, 2.24) is 19.8 Å². The van der Waals surface area contributed by atoms with Gasteiger partial charge in [0.25, 0.3) is 11.8 Å². The van der Waals surface area contributed by atoms with Crippen LogP contribution in [0.25, 0.3) is 10.1 Å². The van der Waals surface area contributed by atoms with Gasteiger partial charge in [-0.2, -0.15) is 0 Å². The number of aromatic nitrogens is 2. The highest BCUT2D eigenvalue weighted by Crippen LogP contribution is 2.44. The van der Waals surface area contributed by atoms with Gasteiger partial charge in [-0.15, -0.1) is 11.3 Å². The predicted molar refractivity (Wildman–Crippen MR) is 153 cm³/mol. The van der Waals surface area contributed by atoms with Crippen LogP contribution in [0.15, 0.2) is 30.6 Å². The van der Waals surface area contributed by atoms with E-state index in [9.17, 15) is 14.7 Å². The summed E-state index contributed by atoms with van der Waals surface area (Å²) < 4.78 is 1.03. The second-order valence-electron chi connectivity index (χ2n) is 10.2. The summed E-state index contributed by atoms with van der Waals surface area (Å²) in [6, 6.07) is 5.94. The monoisotopic (exact) mass is 552 g/mol. The number of aliphatic hydroxyl groups is 2. The van der Waals surface area contributed by atoms with Crippen molar-refractivity contribution in [2.45, 2.75) is 44.6 Å². The maximum absolute atomic E-state index is 13.2. The normalized spacial score (nSPS) is 17.0. The molecule has 3 N–H and O–H groups in total. The van der Waals surface area contributed by atoms with Gasteiger partial charge in [0.15, 0.2) is 6.10 Å². The number of hydrogen-bond donors (Lipinski definition) is 3. The highest BCUT2D eigenvalue weighted by Gasteiger charge is 2.29. The zero-order valence-corrected chi connectivity index (χ0v) is 23.3. The highest BCUT2D eigenvalue weighted by atomic mass is 32.1. The number of amides is 2. The number of fused-ring (bicyclic) bond motifs is 1. The maximum Gasteiger partial charge on any atom is 0.263 e. The molecule has 0 spiro atoms. The Bertz CT molecular complexity index is 1320. The molecule has 1 unspecified atom stereocenters. The Morgan fingerprint density at radius 2 is 1.85 bits per heavy atom. The molecule has 2 amide bonds. The van der Waals surface area contributed by atoms with Gasteiger partial charge in [-0.1, -0.05) is 12.8 Å². The fourth-order valence-corrected chi connectivity index (χ4v) is 6.67. The van der Waals surface area contributed by atoms with Crippen LogP contribution in [0.2, 0.25) is 0 Å². The topological polar surface area (TPSA) is 122 Å². The third kappa shape index (κ3) is 5.70. The second kappa shape index (κ2) is 11.8. The van der Waals surface area contributed by atoms with Crippen LogP contribution in [-0.2, 0) is 4.79 Å². The van der Waals surface area contributed by atoms with E-state index in [4.69, 9.17) is 5.11 Å². The van der Waals surface area contributed by atoms with Crippen molar-refractivity contribution >= 4 is 50.6 Å². The number of rotatable bonds is 8. The first kappa shape index (κ1) is 27.3. The molecule has 39 heavy (non-hydrogen) atoms. The van der Waals surface area contributed by atoms with Crippen LogP contribution in [0, 0.1) is 0 Å². The molecule has 0 radical (unpaired) electrons. The van der Waals surface area contributed by atoms with Crippen molar-refractivity contribution in [3.8, 4) is 0 Å². The number of nitrogens with one attached hydrogen (secondary N) is 1. The van der Waals surface area contributed by atoms with E-state index in [0.717, 1.165) is 33.5 Å². The Morgan fingerprint density at radius 1 is 1.13 bits per heavy atom. The predicted octanol–water partition coefficient (Wildman–Crippen LogP) is 3.19. The molecule has 11 heteroatoms. The maximum atomic E-state index is 13.2. The molecule has 0 aromatic carbocycles. The summed E-state index contributed by atoms with van der Waals surface area (Å²) in [5, 5.41) is 23.1. The van der Waals surface area contributed by atoms with Crippen molar-refractivity contribution in [3.63, 3.8) is 0 Å². The molecule has 10 nitrogen and oxygen atoms in total. The third-order valence-corrected chi connectivity index (χ3v) is 8.96. The number of piperazine rings is 1. The van der Waals surface area contributed by atoms with Gasteiger partial charge in [-0.3, -0.25) is 9.59 Å². The van der Waals surface area contributed by atoms with Crippen LogP contribution in [0.3, 0.4) is 0 Å². The zero-order chi connectivity index (χ0) is 27.5. The van der Waals surface area contributed by atoms with E-state index in [0.29, 0.717) is 50.3 Å². The van der Waals surface area contributed by atoms with Gasteiger partial charge in [0.05, 0.1) is 28.1 Å². The molecule has 4 heterocycles. The van der Waals surface area contributed by atoms with Crippen LogP contribution in [0.5, 0.6) is 0 Å². The minimum atomic E-state index is -1.36. The lowest BCUT2D eigenvalue weighted by atomic mass is 9.94. The first-order valence-electron chi connectivity index (χ1n) is 13.6. The zero-order valence-electron chi connectivity index (χ0n) is 22.5. The minimum Gasteiger partial charge on any atom is -0.393 e. The van der Waals surface area contributed by atoms with Crippen molar-refractivity contribution < 1.29 is 19.8 Å². The van der Waals surface area contributed by atoms with E-state index < -0.39 is 18.6 Å². The third-order valence-electron chi connectivity index (χ3n) is 7.81. The van der Waals surface area contributed by atoms with Gasteiger partial charge in [-0.05, 0) is 49.4 Å². The van der Waals surface area contributed by atoms with Gasteiger partial charge in [0.1, 0.15) is 11.6 Å². The molecular formula is C28H36N6O4S. The summed E-state index contributed by atoms with van der Waals surface area (Å²) in [5.41, 5.74) is 2.12. The largest absolute Gasteiger partial charge is 0.393 e. The smallest absolute Gasteiger partial charge is 0.263 e. The van der Waals surface area contributed by atoms with Crippen molar-refractivity contribution in [3.05, 3.63) is 41.0 Å². The number of hydrogen-bond acceptors (Lipinski definition) is 9. The summed E-state index contributed by atoms with van der Waals surface area (Å²) in [7, 11) is 1.85. The second-order valence-corrected chi connectivity index (χ2v) is 11.3. The van der Waals surface area contributed by atoms with E-state index in [-0.39, 0.29) is 5.91 Å². The van der Waals surface area contributed by atoms with Crippen molar-refractivity contribution in [1.29, 1.82) is 0 Å². The number of aliphatic hydroxyl groups excluding tert-OH is 2. The lowest BCUT2D eigenvalue weighted by molar-refractivity contribution is -0.142. The molecule has 2 aliphatic rings. The number of carbonyl (C=O) groups is 2. The lowest BCUT2D eigenvalue weighted by Gasteiger charge is -2.36. The molecule has 1 aliphatic carbocycles. The van der Waals surface area contributed by atoms with Crippen molar-refractivity contribution in [2.24, 2.45) is 0 Å². The summed E-state index contributed by atoms with van der Waals surface area (Å²) in [5.74, 6) is 1.41. The average Bonchev–Trinajstić information content (AvgIpc) is 3.64. The molecule has 208 valence electrons. The van der Waals surface area contributed by atoms with E-state index >= 15 is 0 Å². The quantitative estimate of drug-likeness (QED) is 0.390. The number of carbonyl (C=O) groups excluding carboxylic acids is 2. The molecule has 1 atom stereocenters. The molecule has 2 fully saturated rings. The van der Waals surface area contributed by atoms with Crippen LogP contribution in [0.1, 0.15) is 53.8 Å². The van der Waals surface area contributed by atoms with Gasteiger partial charge >= 0.3 is 0 Å². The Balaban J connectivity index is 1.31. The molecule has 1 aliphatic heterocycles. The standard InChI is InChI=1S/C28H36N6O4S/c1-3-32(2)28(38)26-25(18-6-4-5-7-18)20-14-24(30-16-22(20)39-26)31-23-9-8-19(15-29-23)33-10-12-34(13-11-33)27(37)21(36)17-35/h8-9,14-16,18,21,35-36H,3-7,10-13,17H2,1-2H3,(H,29,30,31). The van der Waals surface area contributed by atoms with E-state index in [1.54, 1.807) is 27.3 Å². The average molecular weight is 553 g/mol. The van der Waals surface area contributed by atoms with Gasteiger partial charge in [0, 0.05) is 51.4 Å². The number of nitrogens with zero attached hydrogens (tertiary/aromatic N) is 5. The van der Waals surface area contributed by atoms with Gasteiger partial charge in [0.2, 0.25) is 0 Å². The first-order chi connectivity index (χ1) is 18.9. The van der Waals surface area contributed by atoms with Crippen LogP contribution in [-0.4, -0.2) is 94.3 Å². The summed E-state index contributed by atoms with van der Waals surface area (Å²) in [6.45, 7) is 4.28. The first-order valence-corrected chi connectivity index (χ1v) is 14.4. The molecule has 3 aromatic rings. The van der Waals surface area contributed by atoms with E-state index in [1.165, 1.54) is 18.4 Å². The highest BCUT2D eigenvalue weighted by molar-refractivity contribution is 7.21. The fraction of sp³-hybridized carbons (Fsp3) is 0.500. The number of pyridine rings is 2. The molecule has 5 rings (SSSR count). The molecule has 1 saturated heterocycles. The summed E-state index contributed by atoms with van der Waals surface area (Å²) in [6.07, 6.45) is 6.91. The van der Waals surface area contributed by atoms with Crippen LogP contribution in [0.4, 0.5) is 17.3 Å². The summed E-state index contributed by atoms with van der Waals surface area (Å²) in [4.78, 5) is 40.8. The van der Waals surface area contributed by atoms with E-state index in [1.807, 2.05) is 32.3 Å². The molecule has 0 bridgehead atoms. The van der Waals surface area contributed by atoms with Crippen molar-refractivity contribution in [2.75, 3.05) is 56.6 Å². The number of anilines is 3. The summed E-state index contributed by atoms with van der Waals surface area (Å²) >= 11 is 1.55. The Hall–Kier alpha value is -3.28. The molecule has 1 saturated carbocycles. The Labute approximate surface area is 232 Å².